The minimum atomic E-state index is -1.50. The lowest BCUT2D eigenvalue weighted by molar-refractivity contribution is -0.150. The van der Waals surface area contributed by atoms with Gasteiger partial charge in [0.2, 0.25) is 0 Å². The number of thiocarbonyl (C=S) groups is 1. The Hall–Kier alpha value is -1.71. The molecule has 1 unspecified atom stereocenters. The SMILES string of the molecule is O=C(O)CC(C(=O)O)N1C(=O)/C(=C\c2cccs2)SC1=S. The minimum Gasteiger partial charge on any atom is -0.481 e. The lowest BCUT2D eigenvalue weighted by Crippen LogP contribution is -2.45. The molecule has 2 N–H and O–H groups in total. The molecule has 9 heteroatoms. The molecule has 110 valence electrons. The summed E-state index contributed by atoms with van der Waals surface area (Å²) in [7, 11) is 0. The number of nitrogens with zero attached hydrogens (tertiary/aromatic N) is 1. The summed E-state index contributed by atoms with van der Waals surface area (Å²) < 4.78 is 0.0523. The smallest absolute Gasteiger partial charge is 0.327 e. The van der Waals surface area contributed by atoms with E-state index in [0.29, 0.717) is 4.91 Å². The van der Waals surface area contributed by atoms with Gasteiger partial charge < -0.3 is 10.2 Å². The number of thiophene rings is 1. The molecule has 2 rings (SSSR count). The third kappa shape index (κ3) is 3.49. The number of carboxylic acids is 2. The number of aliphatic carboxylic acids is 2. The van der Waals surface area contributed by atoms with Crippen LogP contribution in [0, 0.1) is 0 Å². The fourth-order valence-corrected chi connectivity index (χ4v) is 3.79. The molecule has 0 saturated carbocycles. The molecule has 6 nitrogen and oxygen atoms in total. The van der Waals surface area contributed by atoms with Gasteiger partial charge in [0.25, 0.3) is 5.91 Å². The van der Waals surface area contributed by atoms with Crippen LogP contribution in [0.5, 0.6) is 0 Å². The number of amides is 1. The summed E-state index contributed by atoms with van der Waals surface area (Å²) in [6.07, 6.45) is 0.914. The Bertz CT molecular complexity index is 637. The monoisotopic (exact) mass is 343 g/mol. The molecule has 1 aliphatic heterocycles. The largest absolute Gasteiger partial charge is 0.481 e. The number of carbonyl (C=O) groups is 3. The topological polar surface area (TPSA) is 94.9 Å². The van der Waals surface area contributed by atoms with Crippen molar-refractivity contribution in [2.45, 2.75) is 12.5 Å². The fourth-order valence-electron chi connectivity index (χ4n) is 1.71. The molecule has 1 aromatic rings. The predicted octanol–water partition coefficient (Wildman–Crippen LogP) is 1.88. The summed E-state index contributed by atoms with van der Waals surface area (Å²) in [5.41, 5.74) is 0. The second kappa shape index (κ2) is 6.37. The van der Waals surface area contributed by atoms with Gasteiger partial charge in [0.1, 0.15) is 10.4 Å². The van der Waals surface area contributed by atoms with Crippen molar-refractivity contribution in [1.82, 2.24) is 4.90 Å². The van der Waals surface area contributed by atoms with Gasteiger partial charge in [-0.15, -0.1) is 11.3 Å². The molecule has 0 bridgehead atoms. The molecule has 1 saturated heterocycles. The van der Waals surface area contributed by atoms with Crippen LogP contribution in [-0.4, -0.2) is 43.3 Å². The Morgan fingerprint density at radius 3 is 2.67 bits per heavy atom. The molecule has 21 heavy (non-hydrogen) atoms. The second-order valence-electron chi connectivity index (χ2n) is 4.02. The van der Waals surface area contributed by atoms with Crippen molar-refractivity contribution in [2.75, 3.05) is 0 Å². The zero-order valence-electron chi connectivity index (χ0n) is 10.4. The van der Waals surface area contributed by atoms with Gasteiger partial charge in [-0.1, -0.05) is 30.0 Å². The van der Waals surface area contributed by atoms with E-state index >= 15 is 0 Å². The van der Waals surface area contributed by atoms with Gasteiger partial charge >= 0.3 is 11.9 Å². The normalized spacial score (nSPS) is 18.3. The number of hydrogen-bond acceptors (Lipinski definition) is 6. The molecule has 2 heterocycles. The zero-order chi connectivity index (χ0) is 15.6. The molecule has 0 radical (unpaired) electrons. The van der Waals surface area contributed by atoms with Gasteiger partial charge in [-0.25, -0.2) is 4.79 Å². The number of thioether (sulfide) groups is 1. The second-order valence-corrected chi connectivity index (χ2v) is 6.67. The minimum absolute atomic E-state index is 0.0523. The quantitative estimate of drug-likeness (QED) is 0.622. The zero-order valence-corrected chi connectivity index (χ0v) is 12.8. The maximum absolute atomic E-state index is 12.3. The summed E-state index contributed by atoms with van der Waals surface area (Å²) in [6.45, 7) is 0. The van der Waals surface area contributed by atoms with E-state index in [1.54, 1.807) is 6.08 Å². The fraction of sp³-hybridized carbons (Fsp3) is 0.167. The molecule has 1 amide bonds. The highest BCUT2D eigenvalue weighted by Crippen LogP contribution is 2.35. The highest BCUT2D eigenvalue weighted by molar-refractivity contribution is 8.26. The first kappa shape index (κ1) is 15.7. The lowest BCUT2D eigenvalue weighted by atomic mass is 10.2. The van der Waals surface area contributed by atoms with Gasteiger partial charge in [0.05, 0.1) is 11.3 Å². The van der Waals surface area contributed by atoms with Crippen LogP contribution in [0.15, 0.2) is 22.4 Å². The third-order valence-electron chi connectivity index (χ3n) is 2.60. The third-order valence-corrected chi connectivity index (χ3v) is 4.75. The van der Waals surface area contributed by atoms with E-state index in [-0.39, 0.29) is 4.32 Å². The highest BCUT2D eigenvalue weighted by Gasteiger charge is 2.41. The van der Waals surface area contributed by atoms with Crippen LogP contribution in [0.4, 0.5) is 0 Å². The molecule has 1 aromatic heterocycles. The molecule has 0 aliphatic carbocycles. The van der Waals surface area contributed by atoms with Gasteiger partial charge in [-0.3, -0.25) is 14.5 Å². The molecule has 1 fully saturated rings. The molecular weight excluding hydrogens is 334 g/mol. The van der Waals surface area contributed by atoms with Crippen molar-refractivity contribution >= 4 is 63.6 Å². The first-order chi connectivity index (χ1) is 9.90. The Balaban J connectivity index is 2.29. The summed E-state index contributed by atoms with van der Waals surface area (Å²) in [6, 6.07) is 2.13. The molecule has 0 aromatic carbocycles. The Morgan fingerprint density at radius 1 is 1.43 bits per heavy atom. The predicted molar refractivity (Wildman–Crippen MR) is 83.0 cm³/mol. The standard InChI is InChI=1S/C12H9NO5S3/c14-9(15)5-7(11(17)18)13-10(16)8(21-12(13)19)4-6-2-1-3-20-6/h1-4,7H,5H2,(H,14,15)(H,17,18)/b8-4+. The van der Waals surface area contributed by atoms with E-state index in [9.17, 15) is 14.4 Å². The van der Waals surface area contributed by atoms with Crippen molar-refractivity contribution in [3.8, 4) is 0 Å². The van der Waals surface area contributed by atoms with Crippen LogP contribution in [0.3, 0.4) is 0 Å². The maximum atomic E-state index is 12.3. The summed E-state index contributed by atoms with van der Waals surface area (Å²) in [4.78, 5) is 36.2. The van der Waals surface area contributed by atoms with E-state index < -0.39 is 30.3 Å². The molecular formula is C12H9NO5S3. The van der Waals surface area contributed by atoms with Crippen LogP contribution in [0.2, 0.25) is 0 Å². The molecule has 1 atom stereocenters. The number of carbonyl (C=O) groups excluding carboxylic acids is 1. The number of hydrogen-bond donors (Lipinski definition) is 2. The summed E-state index contributed by atoms with van der Waals surface area (Å²) in [5.74, 6) is -3.28. The van der Waals surface area contributed by atoms with Crippen molar-refractivity contribution in [1.29, 1.82) is 0 Å². The van der Waals surface area contributed by atoms with Gasteiger partial charge in [-0.05, 0) is 17.5 Å². The van der Waals surface area contributed by atoms with E-state index in [1.165, 1.54) is 11.3 Å². The van der Waals surface area contributed by atoms with Crippen LogP contribution in [0.1, 0.15) is 11.3 Å². The average Bonchev–Trinajstić information content (AvgIpc) is 2.97. The van der Waals surface area contributed by atoms with Crippen LogP contribution in [0.25, 0.3) is 6.08 Å². The van der Waals surface area contributed by atoms with Gasteiger partial charge in [0, 0.05) is 4.88 Å². The molecule has 0 spiro atoms. The average molecular weight is 343 g/mol. The summed E-state index contributed by atoms with van der Waals surface area (Å²) >= 11 is 7.41. The number of carboxylic acid groups (broad SMARTS) is 2. The first-order valence-corrected chi connectivity index (χ1v) is 7.75. The van der Waals surface area contributed by atoms with Gasteiger partial charge in [-0.2, -0.15) is 0 Å². The van der Waals surface area contributed by atoms with Gasteiger partial charge in [0.15, 0.2) is 0 Å². The van der Waals surface area contributed by atoms with Crippen molar-refractivity contribution in [3.63, 3.8) is 0 Å². The van der Waals surface area contributed by atoms with E-state index in [2.05, 4.69) is 0 Å². The van der Waals surface area contributed by atoms with Crippen LogP contribution >= 0.6 is 35.3 Å². The van der Waals surface area contributed by atoms with Crippen LogP contribution < -0.4 is 0 Å². The first-order valence-electron chi connectivity index (χ1n) is 5.65. The Kier molecular flexibility index (Phi) is 4.76. The summed E-state index contributed by atoms with van der Waals surface area (Å²) in [5, 5.41) is 19.7. The Morgan fingerprint density at radius 2 is 2.14 bits per heavy atom. The van der Waals surface area contributed by atoms with Crippen molar-refractivity contribution in [3.05, 3.63) is 27.3 Å². The van der Waals surface area contributed by atoms with Crippen molar-refractivity contribution in [2.24, 2.45) is 0 Å². The van der Waals surface area contributed by atoms with E-state index in [4.69, 9.17) is 22.4 Å². The number of rotatable bonds is 5. The van der Waals surface area contributed by atoms with Crippen molar-refractivity contribution < 1.29 is 24.6 Å². The highest BCUT2D eigenvalue weighted by atomic mass is 32.2. The Labute approximate surface area is 133 Å². The van der Waals surface area contributed by atoms with Crippen LogP contribution in [-0.2, 0) is 14.4 Å². The van der Waals surface area contributed by atoms with E-state index in [1.807, 2.05) is 17.5 Å². The van der Waals surface area contributed by atoms with E-state index in [0.717, 1.165) is 21.5 Å². The molecule has 1 aliphatic rings. The lowest BCUT2D eigenvalue weighted by Gasteiger charge is -2.21. The maximum Gasteiger partial charge on any atom is 0.327 e.